The molecule has 0 radical (unpaired) electrons. The first-order valence-corrected chi connectivity index (χ1v) is 6.71. The lowest BCUT2D eigenvalue weighted by molar-refractivity contribution is 0.489. The van der Waals surface area contributed by atoms with Gasteiger partial charge in [0.15, 0.2) is 0 Å². The number of hydrogen-bond acceptors (Lipinski definition) is 2. The second-order valence-electron chi connectivity index (χ2n) is 3.60. The monoisotopic (exact) mass is 240 g/mol. The lowest BCUT2D eigenvalue weighted by Gasteiger charge is -2.03. The maximum atomic E-state index is 11.1. The molecule has 0 bridgehead atoms. The minimum absolute atomic E-state index is 0.0838. The summed E-state index contributed by atoms with van der Waals surface area (Å²) in [5.41, 5.74) is 0.784. The van der Waals surface area contributed by atoms with Crippen LogP contribution in [0.5, 0.6) is 0 Å². The van der Waals surface area contributed by atoms with Crippen molar-refractivity contribution in [2.24, 2.45) is 0 Å². The van der Waals surface area contributed by atoms with E-state index >= 15 is 0 Å². The molecule has 1 aromatic rings. The van der Waals surface area contributed by atoms with E-state index in [-0.39, 0.29) is 4.91 Å². The maximum Gasteiger partial charge on any atom is 0.290 e. The molecule has 0 atom stereocenters. The quantitative estimate of drug-likeness (QED) is 0.804. The van der Waals surface area contributed by atoms with Crippen LogP contribution in [0.15, 0.2) is 35.2 Å². The summed E-state index contributed by atoms with van der Waals surface area (Å²) in [4.78, 5) is 0.0838. The number of hydrogen-bond donors (Lipinski definition) is 1. The molecular weight excluding hydrogens is 224 g/mol. The third kappa shape index (κ3) is 4.16. The molecule has 88 valence electrons. The average Bonchev–Trinajstić information content (AvgIpc) is 2.24. The van der Waals surface area contributed by atoms with Crippen LogP contribution in [0.2, 0.25) is 0 Å². The van der Waals surface area contributed by atoms with Crippen LogP contribution >= 0.6 is 0 Å². The van der Waals surface area contributed by atoms with Crippen molar-refractivity contribution in [3.63, 3.8) is 0 Å². The molecule has 0 saturated carbocycles. The Labute approximate surface area is 96.6 Å². The summed E-state index contributed by atoms with van der Waals surface area (Å²) >= 11 is 0. The second kappa shape index (κ2) is 5.82. The van der Waals surface area contributed by atoms with Crippen molar-refractivity contribution >= 4 is 16.2 Å². The predicted octanol–water partition coefficient (Wildman–Crippen LogP) is 3.11. The molecule has 0 heterocycles. The van der Waals surface area contributed by atoms with Gasteiger partial charge < -0.3 is 0 Å². The third-order valence-electron chi connectivity index (χ3n) is 2.24. The van der Waals surface area contributed by atoms with Gasteiger partial charge in [-0.2, -0.15) is 8.42 Å². The van der Waals surface area contributed by atoms with Crippen LogP contribution in [-0.2, 0) is 10.1 Å². The average molecular weight is 240 g/mol. The largest absolute Gasteiger partial charge is 0.290 e. The summed E-state index contributed by atoms with van der Waals surface area (Å²) in [6, 6.07) is 9.12. The number of benzene rings is 1. The van der Waals surface area contributed by atoms with Crippen molar-refractivity contribution in [2.45, 2.75) is 26.2 Å². The van der Waals surface area contributed by atoms with E-state index in [4.69, 9.17) is 4.55 Å². The van der Waals surface area contributed by atoms with Crippen LogP contribution in [0.1, 0.15) is 31.7 Å². The molecule has 1 aromatic carbocycles. The Kier molecular flexibility index (Phi) is 4.71. The maximum absolute atomic E-state index is 11.1. The Bertz CT molecular complexity index is 446. The molecule has 0 aromatic heterocycles. The van der Waals surface area contributed by atoms with E-state index in [9.17, 15) is 8.42 Å². The molecule has 0 amide bonds. The summed E-state index contributed by atoms with van der Waals surface area (Å²) in [5.74, 6) is 0. The molecule has 0 aliphatic rings. The van der Waals surface area contributed by atoms with Gasteiger partial charge in [0.1, 0.15) is 0 Å². The zero-order valence-corrected chi connectivity index (χ0v) is 10.1. The van der Waals surface area contributed by atoms with Crippen LogP contribution in [0, 0.1) is 0 Å². The number of rotatable bonds is 5. The molecule has 1 rings (SSSR count). The molecule has 4 heteroatoms. The van der Waals surface area contributed by atoms with E-state index in [1.165, 1.54) is 6.08 Å². The van der Waals surface area contributed by atoms with E-state index in [0.717, 1.165) is 18.4 Å². The Morgan fingerprint density at radius 1 is 1.31 bits per heavy atom. The van der Waals surface area contributed by atoms with Crippen LogP contribution < -0.4 is 0 Å². The van der Waals surface area contributed by atoms with Gasteiger partial charge in [-0.25, -0.2) is 0 Å². The summed E-state index contributed by atoms with van der Waals surface area (Å²) in [7, 11) is -4.07. The highest BCUT2D eigenvalue weighted by atomic mass is 32.2. The van der Waals surface area contributed by atoms with Gasteiger partial charge in [0.2, 0.25) is 0 Å². The molecule has 1 N–H and O–H groups in total. The summed E-state index contributed by atoms with van der Waals surface area (Å²) in [6.45, 7) is 1.98. The molecule has 0 unspecified atom stereocenters. The Balaban J connectivity index is 2.98. The van der Waals surface area contributed by atoms with Gasteiger partial charge in [-0.1, -0.05) is 43.7 Å². The first-order valence-electron chi connectivity index (χ1n) is 5.27. The standard InChI is InChI=1S/C12H16O3S/c1-2-3-9-12(16(13,14)15)10-11-7-5-4-6-8-11/h4-8,10H,2-3,9H2,1H3,(H,13,14,15). The summed E-state index contributed by atoms with van der Waals surface area (Å²) in [6.07, 6.45) is 3.54. The number of allylic oxidation sites excluding steroid dienone is 1. The Morgan fingerprint density at radius 3 is 2.44 bits per heavy atom. The minimum atomic E-state index is -4.07. The topological polar surface area (TPSA) is 54.4 Å². The third-order valence-corrected chi connectivity index (χ3v) is 3.22. The Morgan fingerprint density at radius 2 is 1.94 bits per heavy atom. The first-order chi connectivity index (χ1) is 7.54. The van der Waals surface area contributed by atoms with E-state index in [1.54, 1.807) is 12.1 Å². The summed E-state index contributed by atoms with van der Waals surface area (Å²) in [5, 5.41) is 0. The molecule has 0 aliphatic carbocycles. The molecule has 3 nitrogen and oxygen atoms in total. The van der Waals surface area contributed by atoms with Gasteiger partial charge in [-0.15, -0.1) is 0 Å². The van der Waals surface area contributed by atoms with Gasteiger partial charge >= 0.3 is 0 Å². The smallest absolute Gasteiger partial charge is 0.282 e. The number of unbranched alkanes of at least 4 members (excludes halogenated alkanes) is 1. The highest BCUT2D eigenvalue weighted by Gasteiger charge is 2.12. The Hall–Kier alpha value is -1.13. The van der Waals surface area contributed by atoms with Crippen molar-refractivity contribution in [3.8, 4) is 0 Å². The first kappa shape index (κ1) is 12.9. The van der Waals surface area contributed by atoms with Crippen molar-refractivity contribution in [1.29, 1.82) is 0 Å². The van der Waals surface area contributed by atoms with Crippen LogP contribution in [0.3, 0.4) is 0 Å². The lowest BCUT2D eigenvalue weighted by atomic mass is 10.1. The van der Waals surface area contributed by atoms with Crippen LogP contribution in [0.25, 0.3) is 6.08 Å². The SMILES string of the molecule is CCCCC(=Cc1ccccc1)S(=O)(=O)O. The normalized spacial score (nSPS) is 12.8. The van der Waals surface area contributed by atoms with Crippen LogP contribution in [-0.4, -0.2) is 13.0 Å². The van der Waals surface area contributed by atoms with Crippen molar-refractivity contribution in [3.05, 3.63) is 40.8 Å². The van der Waals surface area contributed by atoms with Crippen molar-refractivity contribution < 1.29 is 13.0 Å². The molecule has 0 spiro atoms. The van der Waals surface area contributed by atoms with Gasteiger partial charge in [-0.3, -0.25) is 4.55 Å². The van der Waals surface area contributed by atoms with Crippen LogP contribution in [0.4, 0.5) is 0 Å². The van der Waals surface area contributed by atoms with E-state index in [0.29, 0.717) is 6.42 Å². The molecule has 16 heavy (non-hydrogen) atoms. The fourth-order valence-corrected chi connectivity index (χ4v) is 2.05. The van der Waals surface area contributed by atoms with E-state index in [2.05, 4.69) is 0 Å². The fraction of sp³-hybridized carbons (Fsp3) is 0.333. The molecular formula is C12H16O3S. The molecule has 0 fully saturated rings. The second-order valence-corrected chi connectivity index (χ2v) is 5.07. The highest BCUT2D eigenvalue weighted by Crippen LogP contribution is 2.17. The van der Waals surface area contributed by atoms with Gasteiger partial charge in [0.25, 0.3) is 10.1 Å². The molecule has 0 saturated heterocycles. The zero-order valence-electron chi connectivity index (χ0n) is 9.26. The van der Waals surface area contributed by atoms with Gasteiger partial charge in [0, 0.05) is 0 Å². The van der Waals surface area contributed by atoms with Gasteiger partial charge in [0.05, 0.1) is 4.91 Å². The van der Waals surface area contributed by atoms with Gasteiger partial charge in [-0.05, 0) is 24.5 Å². The lowest BCUT2D eigenvalue weighted by Crippen LogP contribution is -2.01. The van der Waals surface area contributed by atoms with E-state index in [1.807, 2.05) is 25.1 Å². The summed E-state index contributed by atoms with van der Waals surface area (Å²) < 4.78 is 31.3. The highest BCUT2D eigenvalue weighted by molar-refractivity contribution is 7.90. The van der Waals surface area contributed by atoms with Crippen molar-refractivity contribution in [2.75, 3.05) is 0 Å². The van der Waals surface area contributed by atoms with E-state index < -0.39 is 10.1 Å². The fourth-order valence-electron chi connectivity index (χ4n) is 1.36. The predicted molar refractivity (Wildman–Crippen MR) is 65.5 cm³/mol. The van der Waals surface area contributed by atoms with Crippen molar-refractivity contribution in [1.82, 2.24) is 0 Å². The minimum Gasteiger partial charge on any atom is -0.282 e. The molecule has 0 aliphatic heterocycles. The zero-order chi connectivity index (χ0) is 12.0.